The maximum absolute atomic E-state index is 12.1. The summed E-state index contributed by atoms with van der Waals surface area (Å²) < 4.78 is 20.2. The number of rotatable bonds is 5. The van der Waals surface area contributed by atoms with Crippen molar-refractivity contribution >= 4 is 17.6 Å². The molecule has 0 bridgehead atoms. The number of benzene rings is 1. The number of carbonyl (C=O) groups excluding carboxylic acids is 2. The van der Waals surface area contributed by atoms with Gasteiger partial charge in [-0.25, -0.2) is 4.79 Å². The second-order valence-corrected chi connectivity index (χ2v) is 4.74. The Morgan fingerprint density at radius 2 is 1.91 bits per heavy atom. The SMILES string of the molecule is COC(=O)[C@@H]1CO[C@@H](OC)[C@@H]1OC(=O)c1ccc([N+](=O)[O-])cc1. The molecular formula is C14H15NO8. The van der Waals surface area contributed by atoms with Gasteiger partial charge in [0.25, 0.3) is 5.69 Å². The summed E-state index contributed by atoms with van der Waals surface area (Å²) in [6.45, 7) is 0.00336. The first-order chi connectivity index (χ1) is 11.0. The van der Waals surface area contributed by atoms with Gasteiger partial charge in [-0.15, -0.1) is 0 Å². The second kappa shape index (κ2) is 7.16. The lowest BCUT2D eigenvalue weighted by Crippen LogP contribution is -2.37. The monoisotopic (exact) mass is 325 g/mol. The van der Waals surface area contributed by atoms with E-state index in [-0.39, 0.29) is 17.9 Å². The van der Waals surface area contributed by atoms with E-state index in [2.05, 4.69) is 4.74 Å². The van der Waals surface area contributed by atoms with E-state index in [1.54, 1.807) is 0 Å². The van der Waals surface area contributed by atoms with Gasteiger partial charge in [0.1, 0.15) is 5.92 Å². The highest BCUT2D eigenvalue weighted by molar-refractivity contribution is 5.90. The molecular weight excluding hydrogens is 310 g/mol. The fourth-order valence-corrected chi connectivity index (χ4v) is 2.18. The molecule has 1 heterocycles. The van der Waals surface area contributed by atoms with Gasteiger partial charge in [-0.1, -0.05) is 0 Å². The summed E-state index contributed by atoms with van der Waals surface area (Å²) in [6.07, 6.45) is -1.85. The van der Waals surface area contributed by atoms with E-state index in [1.807, 2.05) is 0 Å². The maximum atomic E-state index is 12.1. The Balaban J connectivity index is 2.12. The highest BCUT2D eigenvalue weighted by Crippen LogP contribution is 2.26. The number of nitrogens with zero attached hydrogens (tertiary/aromatic N) is 1. The fourth-order valence-electron chi connectivity index (χ4n) is 2.18. The molecule has 1 fully saturated rings. The van der Waals surface area contributed by atoms with Gasteiger partial charge in [-0.3, -0.25) is 14.9 Å². The zero-order valence-electron chi connectivity index (χ0n) is 12.5. The van der Waals surface area contributed by atoms with Crippen LogP contribution in [0.15, 0.2) is 24.3 Å². The van der Waals surface area contributed by atoms with Crippen molar-refractivity contribution in [1.29, 1.82) is 0 Å². The molecule has 1 aromatic rings. The van der Waals surface area contributed by atoms with Crippen LogP contribution >= 0.6 is 0 Å². The Labute approximate surface area is 131 Å². The number of methoxy groups -OCH3 is 2. The van der Waals surface area contributed by atoms with Crippen LogP contribution in [0.2, 0.25) is 0 Å². The van der Waals surface area contributed by atoms with Gasteiger partial charge in [-0.2, -0.15) is 0 Å². The third-order valence-electron chi connectivity index (χ3n) is 3.40. The molecule has 1 aromatic carbocycles. The van der Waals surface area contributed by atoms with Crippen LogP contribution in [0.3, 0.4) is 0 Å². The Bertz CT molecular complexity index is 599. The minimum atomic E-state index is -0.963. The molecule has 0 spiro atoms. The van der Waals surface area contributed by atoms with E-state index in [1.165, 1.54) is 38.5 Å². The summed E-state index contributed by atoms with van der Waals surface area (Å²) in [5, 5.41) is 10.6. The number of non-ortho nitro benzene ring substituents is 1. The number of ether oxygens (including phenoxy) is 4. The lowest BCUT2D eigenvalue weighted by molar-refractivity contribution is -0.384. The number of hydrogen-bond donors (Lipinski definition) is 0. The Morgan fingerprint density at radius 3 is 2.43 bits per heavy atom. The van der Waals surface area contributed by atoms with Crippen LogP contribution in [0.1, 0.15) is 10.4 Å². The van der Waals surface area contributed by atoms with E-state index in [0.29, 0.717) is 0 Å². The van der Waals surface area contributed by atoms with Gasteiger partial charge in [0.2, 0.25) is 0 Å². The predicted octanol–water partition coefficient (Wildman–Crippen LogP) is 0.912. The van der Waals surface area contributed by atoms with Crippen molar-refractivity contribution in [3.05, 3.63) is 39.9 Å². The zero-order chi connectivity index (χ0) is 17.0. The summed E-state index contributed by atoms with van der Waals surface area (Å²) in [5.74, 6) is -2.12. The van der Waals surface area contributed by atoms with Crippen molar-refractivity contribution in [3.63, 3.8) is 0 Å². The molecule has 0 unspecified atom stereocenters. The predicted molar refractivity (Wildman–Crippen MR) is 74.6 cm³/mol. The normalized spacial score (nSPS) is 23.3. The van der Waals surface area contributed by atoms with Crippen molar-refractivity contribution in [1.82, 2.24) is 0 Å². The van der Waals surface area contributed by atoms with E-state index in [9.17, 15) is 19.7 Å². The van der Waals surface area contributed by atoms with Crippen LogP contribution in [0, 0.1) is 16.0 Å². The average molecular weight is 325 g/mol. The third kappa shape index (κ3) is 3.63. The molecule has 3 atom stereocenters. The van der Waals surface area contributed by atoms with Crippen LogP contribution in [-0.2, 0) is 23.7 Å². The number of nitro groups is 1. The van der Waals surface area contributed by atoms with Gasteiger partial charge in [0.15, 0.2) is 12.4 Å². The quantitative estimate of drug-likeness (QED) is 0.446. The highest BCUT2D eigenvalue weighted by Gasteiger charge is 2.45. The molecule has 1 aliphatic rings. The maximum Gasteiger partial charge on any atom is 0.338 e. The Hall–Kier alpha value is -2.52. The Morgan fingerprint density at radius 1 is 1.26 bits per heavy atom. The first-order valence-corrected chi connectivity index (χ1v) is 6.65. The molecule has 0 amide bonds. The van der Waals surface area contributed by atoms with Crippen molar-refractivity contribution in [2.24, 2.45) is 5.92 Å². The zero-order valence-corrected chi connectivity index (χ0v) is 12.5. The van der Waals surface area contributed by atoms with Crippen molar-refractivity contribution in [3.8, 4) is 0 Å². The standard InChI is InChI=1S/C14H15NO8/c1-20-13(17)10-7-22-14(21-2)11(10)23-12(16)8-3-5-9(6-4-8)15(18)19/h3-6,10-11,14H,7H2,1-2H3/t10-,11-,14-/m1/s1. The van der Waals surface area contributed by atoms with Crippen LogP contribution in [-0.4, -0.2) is 50.1 Å². The molecule has 0 aromatic heterocycles. The molecule has 9 heteroatoms. The lowest BCUT2D eigenvalue weighted by Gasteiger charge is -2.20. The first kappa shape index (κ1) is 16.8. The molecule has 0 radical (unpaired) electrons. The van der Waals surface area contributed by atoms with Crippen LogP contribution in [0.25, 0.3) is 0 Å². The van der Waals surface area contributed by atoms with Gasteiger partial charge >= 0.3 is 11.9 Å². The topological polar surface area (TPSA) is 114 Å². The van der Waals surface area contributed by atoms with Gasteiger partial charge in [0.05, 0.1) is 24.2 Å². The molecule has 124 valence electrons. The average Bonchev–Trinajstić information content (AvgIpc) is 2.96. The van der Waals surface area contributed by atoms with Crippen molar-refractivity contribution in [2.75, 3.05) is 20.8 Å². The molecule has 0 saturated carbocycles. The third-order valence-corrected chi connectivity index (χ3v) is 3.40. The first-order valence-electron chi connectivity index (χ1n) is 6.65. The summed E-state index contributed by atoms with van der Waals surface area (Å²) >= 11 is 0. The Kier molecular flexibility index (Phi) is 5.24. The minimum Gasteiger partial charge on any atom is -0.469 e. The van der Waals surface area contributed by atoms with E-state index in [4.69, 9.17) is 14.2 Å². The lowest BCUT2D eigenvalue weighted by atomic mass is 10.1. The minimum absolute atomic E-state index is 0.00336. The molecule has 0 N–H and O–H groups in total. The molecule has 0 aliphatic carbocycles. The van der Waals surface area contributed by atoms with Crippen molar-refractivity contribution in [2.45, 2.75) is 12.4 Å². The largest absolute Gasteiger partial charge is 0.469 e. The van der Waals surface area contributed by atoms with Crippen molar-refractivity contribution < 1.29 is 33.5 Å². The summed E-state index contributed by atoms with van der Waals surface area (Å²) in [7, 11) is 2.58. The summed E-state index contributed by atoms with van der Waals surface area (Å²) in [5.41, 5.74) is -0.0334. The van der Waals surface area contributed by atoms with Gasteiger partial charge in [0, 0.05) is 19.2 Å². The molecule has 23 heavy (non-hydrogen) atoms. The van der Waals surface area contributed by atoms with Crippen LogP contribution < -0.4 is 0 Å². The van der Waals surface area contributed by atoms with E-state index >= 15 is 0 Å². The smallest absolute Gasteiger partial charge is 0.338 e. The van der Waals surface area contributed by atoms with E-state index in [0.717, 1.165) is 0 Å². The summed E-state index contributed by atoms with van der Waals surface area (Å²) in [4.78, 5) is 33.9. The van der Waals surface area contributed by atoms with Gasteiger partial charge < -0.3 is 18.9 Å². The highest BCUT2D eigenvalue weighted by atomic mass is 16.7. The van der Waals surface area contributed by atoms with Crippen LogP contribution in [0.5, 0.6) is 0 Å². The molecule has 2 rings (SSSR count). The van der Waals surface area contributed by atoms with Gasteiger partial charge in [-0.05, 0) is 12.1 Å². The number of carbonyl (C=O) groups is 2. The van der Waals surface area contributed by atoms with Crippen LogP contribution in [0.4, 0.5) is 5.69 Å². The fraction of sp³-hybridized carbons (Fsp3) is 0.429. The number of esters is 2. The molecule has 1 aliphatic heterocycles. The van der Waals surface area contributed by atoms with E-state index < -0.39 is 35.2 Å². The second-order valence-electron chi connectivity index (χ2n) is 4.74. The molecule has 9 nitrogen and oxygen atoms in total. The molecule has 1 saturated heterocycles. The summed E-state index contributed by atoms with van der Waals surface area (Å²) in [6, 6.07) is 4.91. The number of hydrogen-bond acceptors (Lipinski definition) is 8. The number of nitro benzene ring substituents is 1.